The van der Waals surface area contributed by atoms with E-state index in [1.165, 1.54) is 0 Å². The first kappa shape index (κ1) is 14.3. The van der Waals surface area contributed by atoms with Gasteiger partial charge in [0, 0.05) is 11.7 Å². The van der Waals surface area contributed by atoms with Gasteiger partial charge in [0.05, 0.1) is 26.7 Å². The van der Waals surface area contributed by atoms with E-state index >= 15 is 0 Å². The molecule has 0 aliphatic carbocycles. The molecule has 2 aromatic rings. The van der Waals surface area contributed by atoms with Gasteiger partial charge in [0.25, 0.3) is 0 Å². The van der Waals surface area contributed by atoms with Crippen LogP contribution in [0.5, 0.6) is 0 Å². The van der Waals surface area contributed by atoms with E-state index in [9.17, 15) is 13.2 Å². The third-order valence-corrected chi connectivity index (χ3v) is 6.02. The first-order valence-corrected chi connectivity index (χ1v) is 9.20. The molecule has 0 radical (unpaired) electrons. The Labute approximate surface area is 126 Å². The van der Waals surface area contributed by atoms with Gasteiger partial charge in [-0.05, 0) is 31.5 Å². The second-order valence-corrected chi connectivity index (χ2v) is 8.58. The summed E-state index contributed by atoms with van der Waals surface area (Å²) >= 11 is 1.56. The van der Waals surface area contributed by atoms with Gasteiger partial charge in [-0.3, -0.25) is 0 Å². The Kier molecular flexibility index (Phi) is 3.58. The smallest absolute Gasteiger partial charge is 0.319 e. The van der Waals surface area contributed by atoms with Crippen molar-refractivity contribution in [2.75, 3.05) is 16.8 Å². The maximum Gasteiger partial charge on any atom is 0.319 e. The molecule has 0 spiro atoms. The SMILES string of the molecule is Cc1nc2ccc(NC(=O)NC3CCS(=O)(=O)C3)cc2s1. The molecule has 0 bridgehead atoms. The first-order chi connectivity index (χ1) is 9.91. The number of rotatable bonds is 2. The fourth-order valence-corrected chi connectivity index (χ4v) is 4.92. The highest BCUT2D eigenvalue weighted by molar-refractivity contribution is 7.91. The highest BCUT2D eigenvalue weighted by Gasteiger charge is 2.28. The fraction of sp³-hybridized carbons (Fsp3) is 0.385. The van der Waals surface area contributed by atoms with E-state index in [4.69, 9.17) is 0 Å². The summed E-state index contributed by atoms with van der Waals surface area (Å²) in [5.74, 6) is 0.164. The number of aryl methyl sites for hydroxylation is 1. The standard InChI is InChI=1S/C13H15N3O3S2/c1-8-14-11-3-2-9(6-12(11)20-8)15-13(17)16-10-4-5-21(18,19)7-10/h2-3,6,10H,4-5,7H2,1H3,(H2,15,16,17). The number of hydrogen-bond acceptors (Lipinski definition) is 5. The number of amides is 2. The van der Waals surface area contributed by atoms with Crippen molar-refractivity contribution in [2.24, 2.45) is 0 Å². The predicted octanol–water partition coefficient (Wildman–Crippen LogP) is 1.91. The van der Waals surface area contributed by atoms with E-state index in [2.05, 4.69) is 15.6 Å². The molecule has 3 rings (SSSR count). The Morgan fingerprint density at radius 3 is 2.95 bits per heavy atom. The molecule has 112 valence electrons. The normalized spacial score (nSPS) is 20.5. The maximum atomic E-state index is 11.9. The molecule has 2 N–H and O–H groups in total. The van der Waals surface area contributed by atoms with Gasteiger partial charge in [-0.2, -0.15) is 0 Å². The number of carbonyl (C=O) groups excluding carboxylic acids is 1. The zero-order chi connectivity index (χ0) is 15.0. The molecular formula is C13H15N3O3S2. The number of thiazole rings is 1. The minimum absolute atomic E-state index is 0.0213. The van der Waals surface area contributed by atoms with Crippen LogP contribution in [0.25, 0.3) is 10.2 Å². The van der Waals surface area contributed by atoms with Crippen LogP contribution in [0, 0.1) is 6.92 Å². The van der Waals surface area contributed by atoms with Crippen molar-refractivity contribution in [3.8, 4) is 0 Å². The molecule has 2 heterocycles. The van der Waals surface area contributed by atoms with Gasteiger partial charge in [0.2, 0.25) is 0 Å². The lowest BCUT2D eigenvalue weighted by molar-refractivity contribution is 0.249. The lowest BCUT2D eigenvalue weighted by Gasteiger charge is -2.12. The van der Waals surface area contributed by atoms with Crippen molar-refractivity contribution in [2.45, 2.75) is 19.4 Å². The van der Waals surface area contributed by atoms with Crippen LogP contribution in [-0.4, -0.2) is 37.0 Å². The number of anilines is 1. The minimum atomic E-state index is -2.99. The molecule has 1 saturated heterocycles. The Hall–Kier alpha value is -1.67. The van der Waals surface area contributed by atoms with E-state index in [1.807, 2.05) is 19.1 Å². The Morgan fingerprint density at radius 2 is 2.24 bits per heavy atom. The molecule has 1 unspecified atom stereocenters. The summed E-state index contributed by atoms with van der Waals surface area (Å²) in [6, 6.07) is 4.83. The average Bonchev–Trinajstić information content (AvgIpc) is 2.90. The van der Waals surface area contributed by atoms with Crippen LogP contribution in [0.1, 0.15) is 11.4 Å². The highest BCUT2D eigenvalue weighted by Crippen LogP contribution is 2.24. The summed E-state index contributed by atoms with van der Waals surface area (Å²) in [5, 5.41) is 6.40. The van der Waals surface area contributed by atoms with Crippen molar-refractivity contribution in [1.29, 1.82) is 0 Å². The van der Waals surface area contributed by atoms with Crippen molar-refractivity contribution < 1.29 is 13.2 Å². The molecule has 0 saturated carbocycles. The van der Waals surface area contributed by atoms with Crippen LogP contribution in [0.4, 0.5) is 10.5 Å². The van der Waals surface area contributed by atoms with Crippen LogP contribution in [0.2, 0.25) is 0 Å². The van der Waals surface area contributed by atoms with E-state index in [0.29, 0.717) is 12.1 Å². The summed E-state index contributed by atoms with van der Waals surface area (Å²) in [6.45, 7) is 1.94. The largest absolute Gasteiger partial charge is 0.334 e. The molecule has 8 heteroatoms. The number of sulfone groups is 1. The predicted molar refractivity (Wildman–Crippen MR) is 83.6 cm³/mol. The topological polar surface area (TPSA) is 88.2 Å². The van der Waals surface area contributed by atoms with Gasteiger partial charge in [-0.15, -0.1) is 11.3 Å². The summed E-state index contributed by atoms with van der Waals surface area (Å²) in [7, 11) is -2.99. The zero-order valence-electron chi connectivity index (χ0n) is 11.4. The van der Waals surface area contributed by atoms with E-state index in [1.54, 1.807) is 17.4 Å². The third-order valence-electron chi connectivity index (χ3n) is 3.32. The third kappa shape index (κ3) is 3.33. The number of carbonyl (C=O) groups is 1. The van der Waals surface area contributed by atoms with Gasteiger partial charge < -0.3 is 10.6 Å². The molecule has 2 amide bonds. The van der Waals surface area contributed by atoms with Gasteiger partial charge in [-0.1, -0.05) is 0 Å². The van der Waals surface area contributed by atoms with Crippen LogP contribution in [0.3, 0.4) is 0 Å². The Morgan fingerprint density at radius 1 is 1.43 bits per heavy atom. The molecular weight excluding hydrogens is 310 g/mol. The summed E-state index contributed by atoms with van der Waals surface area (Å²) < 4.78 is 23.7. The second-order valence-electron chi connectivity index (χ2n) is 5.11. The molecule has 1 aliphatic rings. The fourth-order valence-electron chi connectivity index (χ4n) is 2.38. The highest BCUT2D eigenvalue weighted by atomic mass is 32.2. The van der Waals surface area contributed by atoms with Crippen LogP contribution in [0.15, 0.2) is 18.2 Å². The van der Waals surface area contributed by atoms with Crippen molar-refractivity contribution in [3.05, 3.63) is 23.2 Å². The molecule has 6 nitrogen and oxygen atoms in total. The number of nitrogens with zero attached hydrogens (tertiary/aromatic N) is 1. The van der Waals surface area contributed by atoms with E-state index in [-0.39, 0.29) is 23.6 Å². The summed E-state index contributed by atoms with van der Waals surface area (Å²) in [5.41, 5.74) is 1.58. The average molecular weight is 325 g/mol. The van der Waals surface area contributed by atoms with Crippen LogP contribution in [-0.2, 0) is 9.84 Å². The number of aromatic nitrogens is 1. The minimum Gasteiger partial charge on any atom is -0.334 e. The first-order valence-electron chi connectivity index (χ1n) is 6.56. The van der Waals surface area contributed by atoms with Crippen LogP contribution >= 0.6 is 11.3 Å². The van der Waals surface area contributed by atoms with E-state index in [0.717, 1.165) is 15.2 Å². The molecule has 1 aromatic carbocycles. The van der Waals surface area contributed by atoms with Crippen molar-refractivity contribution in [1.82, 2.24) is 10.3 Å². The second kappa shape index (κ2) is 5.27. The van der Waals surface area contributed by atoms with Gasteiger partial charge in [0.1, 0.15) is 0 Å². The molecule has 1 atom stereocenters. The monoisotopic (exact) mass is 325 g/mol. The number of benzene rings is 1. The number of nitrogens with one attached hydrogen (secondary N) is 2. The van der Waals surface area contributed by atoms with Gasteiger partial charge in [0.15, 0.2) is 9.84 Å². The van der Waals surface area contributed by atoms with Crippen molar-refractivity contribution in [3.63, 3.8) is 0 Å². The van der Waals surface area contributed by atoms with E-state index < -0.39 is 9.84 Å². The molecule has 21 heavy (non-hydrogen) atoms. The quantitative estimate of drug-likeness (QED) is 0.883. The van der Waals surface area contributed by atoms with Crippen LogP contribution < -0.4 is 10.6 Å². The molecule has 1 fully saturated rings. The molecule has 1 aliphatic heterocycles. The van der Waals surface area contributed by atoms with Crippen molar-refractivity contribution >= 4 is 43.1 Å². The lowest BCUT2D eigenvalue weighted by atomic mass is 10.2. The summed E-state index contributed by atoms with van der Waals surface area (Å²) in [6.07, 6.45) is 0.475. The van der Waals surface area contributed by atoms with Gasteiger partial charge >= 0.3 is 6.03 Å². The number of fused-ring (bicyclic) bond motifs is 1. The number of hydrogen-bond donors (Lipinski definition) is 2. The zero-order valence-corrected chi connectivity index (χ0v) is 13.1. The Balaban J connectivity index is 1.66. The van der Waals surface area contributed by atoms with Gasteiger partial charge in [-0.25, -0.2) is 18.2 Å². The lowest BCUT2D eigenvalue weighted by Crippen LogP contribution is -2.38. The maximum absolute atomic E-state index is 11.9. The Bertz CT molecular complexity index is 798. The molecule has 1 aromatic heterocycles. The number of urea groups is 1. The summed E-state index contributed by atoms with van der Waals surface area (Å²) in [4.78, 5) is 16.2.